The summed E-state index contributed by atoms with van der Waals surface area (Å²) in [6, 6.07) is 7.79. The minimum absolute atomic E-state index is 0.0606. The molecule has 1 heterocycles. The van der Waals surface area contributed by atoms with Crippen LogP contribution in [-0.2, 0) is 20.7 Å². The summed E-state index contributed by atoms with van der Waals surface area (Å²) in [5.41, 5.74) is 1.97. The maximum atomic E-state index is 11.9. The summed E-state index contributed by atoms with van der Waals surface area (Å²) < 4.78 is 5.58. The first-order valence-electron chi connectivity index (χ1n) is 9.44. The highest BCUT2D eigenvalue weighted by molar-refractivity contribution is 5.93. The molecule has 0 saturated carbocycles. The third kappa shape index (κ3) is 7.69. The van der Waals surface area contributed by atoms with E-state index in [0.717, 1.165) is 38.0 Å². The molecule has 0 unspecified atom stereocenters. The van der Waals surface area contributed by atoms with Crippen LogP contribution in [0.1, 0.15) is 57.4 Å². The van der Waals surface area contributed by atoms with Gasteiger partial charge >= 0.3 is 0 Å². The molecule has 0 bridgehead atoms. The second-order valence-corrected chi connectivity index (χ2v) is 6.58. The van der Waals surface area contributed by atoms with Crippen molar-refractivity contribution in [2.75, 3.05) is 18.5 Å². The lowest BCUT2D eigenvalue weighted by atomic mass is 10.1. The van der Waals surface area contributed by atoms with Crippen molar-refractivity contribution in [3.05, 3.63) is 29.8 Å². The van der Waals surface area contributed by atoms with E-state index in [1.165, 1.54) is 18.4 Å². The van der Waals surface area contributed by atoms with Crippen molar-refractivity contribution in [1.82, 2.24) is 5.32 Å². The molecule has 1 saturated heterocycles. The Morgan fingerprint density at radius 3 is 2.80 bits per heavy atom. The lowest BCUT2D eigenvalue weighted by molar-refractivity contribution is -0.124. The second-order valence-electron chi connectivity index (χ2n) is 6.58. The van der Waals surface area contributed by atoms with Crippen molar-refractivity contribution in [3.63, 3.8) is 0 Å². The summed E-state index contributed by atoms with van der Waals surface area (Å²) in [6.45, 7) is 3.64. The minimum Gasteiger partial charge on any atom is -0.378 e. The third-order valence-corrected chi connectivity index (χ3v) is 4.50. The number of benzene rings is 1. The largest absolute Gasteiger partial charge is 0.378 e. The average Bonchev–Trinajstić information content (AvgIpc) is 3.13. The van der Waals surface area contributed by atoms with Crippen LogP contribution >= 0.6 is 0 Å². The molecular formula is C20H30N2O3. The van der Waals surface area contributed by atoms with E-state index in [0.29, 0.717) is 12.6 Å². The zero-order chi connectivity index (χ0) is 17.9. The van der Waals surface area contributed by atoms with E-state index in [2.05, 4.69) is 17.6 Å². The Hall–Kier alpha value is -1.88. The number of carbonyl (C=O) groups excluding carboxylic acids is 2. The van der Waals surface area contributed by atoms with Crippen LogP contribution in [-0.4, -0.2) is 31.1 Å². The van der Waals surface area contributed by atoms with Gasteiger partial charge in [0, 0.05) is 31.7 Å². The topological polar surface area (TPSA) is 67.4 Å². The smallest absolute Gasteiger partial charge is 0.224 e. The molecule has 1 aliphatic heterocycles. The van der Waals surface area contributed by atoms with E-state index < -0.39 is 0 Å². The standard InChI is InChI=1S/C20H30N2O3/c1-2-16-7-5-8-17(15-16)22-20(24)12-11-19(23)21-13-4-3-9-18-10-6-14-25-18/h5,7-8,15,18H,2-4,6,9-14H2,1H3,(H,21,23)(H,22,24)/t18-/m0/s1. The molecule has 1 fully saturated rings. The quantitative estimate of drug-likeness (QED) is 0.638. The van der Waals surface area contributed by atoms with Gasteiger partial charge in [-0.15, -0.1) is 0 Å². The molecule has 0 spiro atoms. The number of rotatable bonds is 10. The first kappa shape index (κ1) is 19.4. The van der Waals surface area contributed by atoms with Gasteiger partial charge in [-0.2, -0.15) is 0 Å². The predicted molar refractivity (Wildman–Crippen MR) is 99.5 cm³/mol. The molecule has 5 heteroatoms. The minimum atomic E-state index is -0.123. The lowest BCUT2D eigenvalue weighted by Crippen LogP contribution is -2.26. The number of ether oxygens (including phenoxy) is 1. The molecule has 1 atom stereocenters. The fourth-order valence-corrected chi connectivity index (χ4v) is 3.00. The summed E-state index contributed by atoms with van der Waals surface area (Å²) in [7, 11) is 0. The van der Waals surface area contributed by atoms with Crippen molar-refractivity contribution in [2.24, 2.45) is 0 Å². The van der Waals surface area contributed by atoms with Crippen LogP contribution in [0.15, 0.2) is 24.3 Å². The molecule has 25 heavy (non-hydrogen) atoms. The van der Waals surface area contributed by atoms with Gasteiger partial charge in [-0.25, -0.2) is 0 Å². The number of carbonyl (C=O) groups is 2. The average molecular weight is 346 g/mol. The van der Waals surface area contributed by atoms with Crippen LogP contribution in [0.3, 0.4) is 0 Å². The SMILES string of the molecule is CCc1cccc(NC(=O)CCC(=O)NCCCC[C@H]2CCCO2)c1. The van der Waals surface area contributed by atoms with Crippen LogP contribution in [0.2, 0.25) is 0 Å². The molecule has 5 nitrogen and oxygen atoms in total. The van der Waals surface area contributed by atoms with Crippen molar-refractivity contribution >= 4 is 17.5 Å². The highest BCUT2D eigenvalue weighted by atomic mass is 16.5. The molecule has 2 rings (SSSR count). The van der Waals surface area contributed by atoms with E-state index in [-0.39, 0.29) is 24.7 Å². The lowest BCUT2D eigenvalue weighted by Gasteiger charge is -2.09. The summed E-state index contributed by atoms with van der Waals surface area (Å²) in [5, 5.41) is 5.73. The Labute approximate surface area is 150 Å². The molecule has 2 N–H and O–H groups in total. The number of nitrogens with one attached hydrogen (secondary N) is 2. The highest BCUT2D eigenvalue weighted by Gasteiger charge is 2.14. The van der Waals surface area contributed by atoms with Gasteiger partial charge in [-0.1, -0.05) is 19.1 Å². The maximum Gasteiger partial charge on any atom is 0.224 e. The fraction of sp³-hybridized carbons (Fsp3) is 0.600. The van der Waals surface area contributed by atoms with Crippen LogP contribution < -0.4 is 10.6 Å². The monoisotopic (exact) mass is 346 g/mol. The normalized spacial score (nSPS) is 16.6. The third-order valence-electron chi connectivity index (χ3n) is 4.50. The predicted octanol–water partition coefficient (Wildman–Crippen LogP) is 3.43. The summed E-state index contributed by atoms with van der Waals surface area (Å²) in [5.74, 6) is -0.184. The molecule has 1 aromatic rings. The second kappa shape index (κ2) is 10.9. The van der Waals surface area contributed by atoms with Gasteiger partial charge in [0.05, 0.1) is 6.10 Å². The van der Waals surface area contributed by atoms with Gasteiger partial charge in [0.25, 0.3) is 0 Å². The molecule has 2 amide bonds. The fourth-order valence-electron chi connectivity index (χ4n) is 3.00. The van der Waals surface area contributed by atoms with E-state index in [4.69, 9.17) is 4.74 Å². The highest BCUT2D eigenvalue weighted by Crippen LogP contribution is 2.17. The molecule has 0 aromatic heterocycles. The molecule has 138 valence electrons. The van der Waals surface area contributed by atoms with E-state index in [1.54, 1.807) is 0 Å². The van der Waals surface area contributed by atoms with Gasteiger partial charge in [-0.05, 0) is 56.2 Å². The van der Waals surface area contributed by atoms with Crippen LogP contribution in [0.5, 0.6) is 0 Å². The Morgan fingerprint density at radius 1 is 1.20 bits per heavy atom. The van der Waals surface area contributed by atoms with Gasteiger partial charge < -0.3 is 15.4 Å². The van der Waals surface area contributed by atoms with Crippen LogP contribution in [0.4, 0.5) is 5.69 Å². The summed E-state index contributed by atoms with van der Waals surface area (Å²) in [4.78, 5) is 23.7. The number of hydrogen-bond donors (Lipinski definition) is 2. The molecule has 0 radical (unpaired) electrons. The van der Waals surface area contributed by atoms with Gasteiger partial charge in [-0.3, -0.25) is 9.59 Å². The van der Waals surface area contributed by atoms with Crippen molar-refractivity contribution in [1.29, 1.82) is 0 Å². The molecule has 1 aromatic carbocycles. The van der Waals surface area contributed by atoms with Crippen LogP contribution in [0.25, 0.3) is 0 Å². The Kier molecular flexibility index (Phi) is 8.46. The molecule has 0 aliphatic carbocycles. The van der Waals surface area contributed by atoms with Crippen LogP contribution in [0, 0.1) is 0 Å². The Morgan fingerprint density at radius 2 is 2.04 bits per heavy atom. The van der Waals surface area contributed by atoms with Crippen molar-refractivity contribution in [3.8, 4) is 0 Å². The number of unbranched alkanes of at least 4 members (excludes halogenated alkanes) is 1. The number of amides is 2. The summed E-state index contributed by atoms with van der Waals surface area (Å²) in [6.07, 6.45) is 7.23. The van der Waals surface area contributed by atoms with Gasteiger partial charge in [0.15, 0.2) is 0 Å². The number of anilines is 1. The zero-order valence-electron chi connectivity index (χ0n) is 15.2. The van der Waals surface area contributed by atoms with Crippen molar-refractivity contribution < 1.29 is 14.3 Å². The van der Waals surface area contributed by atoms with E-state index in [9.17, 15) is 9.59 Å². The van der Waals surface area contributed by atoms with Gasteiger partial charge in [0.2, 0.25) is 11.8 Å². The van der Waals surface area contributed by atoms with E-state index in [1.807, 2.05) is 24.3 Å². The molecule has 1 aliphatic rings. The first-order valence-corrected chi connectivity index (χ1v) is 9.44. The number of hydrogen-bond acceptors (Lipinski definition) is 3. The number of aryl methyl sites for hydroxylation is 1. The Bertz CT molecular complexity index is 554. The summed E-state index contributed by atoms with van der Waals surface area (Å²) >= 11 is 0. The molecular weight excluding hydrogens is 316 g/mol. The maximum absolute atomic E-state index is 11.9. The Balaban J connectivity index is 1.53. The van der Waals surface area contributed by atoms with Gasteiger partial charge in [0.1, 0.15) is 0 Å². The zero-order valence-corrected chi connectivity index (χ0v) is 15.2. The van der Waals surface area contributed by atoms with Crippen molar-refractivity contribution in [2.45, 2.75) is 64.4 Å². The van der Waals surface area contributed by atoms with E-state index >= 15 is 0 Å². The first-order chi connectivity index (χ1) is 12.2.